The van der Waals surface area contributed by atoms with Crippen molar-refractivity contribution < 1.29 is 0 Å². The third-order valence-corrected chi connectivity index (χ3v) is 3.31. The van der Waals surface area contributed by atoms with E-state index >= 15 is 0 Å². The van der Waals surface area contributed by atoms with Crippen LogP contribution < -0.4 is 5.32 Å². The molecule has 21 heavy (non-hydrogen) atoms. The van der Waals surface area contributed by atoms with Gasteiger partial charge in [-0.1, -0.05) is 6.92 Å². The van der Waals surface area contributed by atoms with E-state index in [1.165, 1.54) is 4.80 Å². The molecule has 0 spiro atoms. The highest BCUT2D eigenvalue weighted by Crippen LogP contribution is 2.21. The van der Waals surface area contributed by atoms with E-state index in [1.807, 2.05) is 23.1 Å². The van der Waals surface area contributed by atoms with E-state index in [2.05, 4.69) is 37.7 Å². The van der Waals surface area contributed by atoms with Crippen molar-refractivity contribution in [2.24, 2.45) is 7.05 Å². The number of nitrogens with zero attached hydrogens (tertiary/aromatic N) is 7. The summed E-state index contributed by atoms with van der Waals surface area (Å²) in [7, 11) is 1.77. The van der Waals surface area contributed by atoms with Crippen molar-refractivity contribution >= 4 is 5.52 Å². The second-order valence-corrected chi connectivity index (χ2v) is 4.91. The summed E-state index contributed by atoms with van der Waals surface area (Å²) in [6, 6.07) is 0.0934. The number of rotatable bonds is 6. The van der Waals surface area contributed by atoms with Gasteiger partial charge in [0.25, 0.3) is 0 Å². The Kier molecular flexibility index (Phi) is 3.87. The first-order valence-corrected chi connectivity index (χ1v) is 7.01. The average molecular weight is 286 g/mol. The van der Waals surface area contributed by atoms with Crippen molar-refractivity contribution in [3.63, 3.8) is 0 Å². The summed E-state index contributed by atoms with van der Waals surface area (Å²) >= 11 is 0. The summed E-state index contributed by atoms with van der Waals surface area (Å²) in [4.78, 5) is 5.66. The second kappa shape index (κ2) is 5.96. The van der Waals surface area contributed by atoms with Gasteiger partial charge in [0.05, 0.1) is 25.0 Å². The lowest BCUT2D eigenvalue weighted by Gasteiger charge is -2.15. The molecule has 1 unspecified atom stereocenters. The number of hydrogen-bond acceptors (Lipinski definition) is 6. The molecule has 3 rings (SSSR count). The number of tetrazole rings is 1. The zero-order valence-corrected chi connectivity index (χ0v) is 12.1. The van der Waals surface area contributed by atoms with E-state index in [0.29, 0.717) is 12.2 Å². The van der Waals surface area contributed by atoms with Crippen LogP contribution in [0.4, 0.5) is 0 Å². The van der Waals surface area contributed by atoms with Crippen LogP contribution in [0.25, 0.3) is 5.52 Å². The first-order chi connectivity index (χ1) is 10.3. The minimum atomic E-state index is 0.0934. The standard InChI is InChI=1S/C13H18N8/c1-3-4-15-11(7-13-17-19-20(2)18-13)10-8-16-21-6-5-14-9-12(10)21/h5-6,8-9,11,15H,3-4,7H2,1-2H3. The number of nitrogens with one attached hydrogen (secondary N) is 1. The predicted octanol–water partition coefficient (Wildman–Crippen LogP) is 0.536. The highest BCUT2D eigenvalue weighted by atomic mass is 15.6. The Labute approximate surface area is 122 Å². The lowest BCUT2D eigenvalue weighted by Crippen LogP contribution is -2.24. The second-order valence-electron chi connectivity index (χ2n) is 4.91. The number of aryl methyl sites for hydroxylation is 1. The molecule has 1 N–H and O–H groups in total. The molecule has 3 heterocycles. The molecular formula is C13H18N8. The molecule has 3 aromatic rings. The smallest absolute Gasteiger partial charge is 0.176 e. The van der Waals surface area contributed by atoms with Gasteiger partial charge in [0.15, 0.2) is 5.82 Å². The van der Waals surface area contributed by atoms with Crippen LogP contribution in [0.5, 0.6) is 0 Å². The minimum absolute atomic E-state index is 0.0934. The normalized spacial score (nSPS) is 12.9. The van der Waals surface area contributed by atoms with Crippen molar-refractivity contribution in [3.05, 3.63) is 36.2 Å². The van der Waals surface area contributed by atoms with E-state index in [1.54, 1.807) is 13.2 Å². The molecule has 0 amide bonds. The molecule has 8 nitrogen and oxygen atoms in total. The molecule has 0 fully saturated rings. The van der Waals surface area contributed by atoms with E-state index in [0.717, 1.165) is 24.0 Å². The summed E-state index contributed by atoms with van der Waals surface area (Å²) in [5, 5.41) is 20.1. The van der Waals surface area contributed by atoms with E-state index in [9.17, 15) is 0 Å². The van der Waals surface area contributed by atoms with Crippen LogP contribution >= 0.6 is 0 Å². The van der Waals surface area contributed by atoms with Gasteiger partial charge in [0.2, 0.25) is 0 Å². The maximum Gasteiger partial charge on any atom is 0.176 e. The van der Waals surface area contributed by atoms with E-state index in [-0.39, 0.29) is 6.04 Å². The lowest BCUT2D eigenvalue weighted by molar-refractivity contribution is 0.519. The highest BCUT2D eigenvalue weighted by Gasteiger charge is 2.18. The fourth-order valence-corrected chi connectivity index (χ4v) is 2.32. The molecule has 1 atom stereocenters. The molecule has 0 aliphatic carbocycles. The topological polar surface area (TPSA) is 85.8 Å². The van der Waals surface area contributed by atoms with Gasteiger partial charge >= 0.3 is 0 Å². The van der Waals surface area contributed by atoms with E-state index in [4.69, 9.17) is 0 Å². The van der Waals surface area contributed by atoms with Crippen molar-refractivity contribution in [2.75, 3.05) is 6.54 Å². The van der Waals surface area contributed by atoms with Crippen molar-refractivity contribution in [1.82, 2.24) is 40.1 Å². The molecule has 0 aliphatic heterocycles. The summed E-state index contributed by atoms with van der Waals surface area (Å²) in [6.07, 6.45) is 9.00. The summed E-state index contributed by atoms with van der Waals surface area (Å²) in [6.45, 7) is 3.06. The van der Waals surface area contributed by atoms with Gasteiger partial charge in [-0.15, -0.1) is 10.2 Å². The van der Waals surface area contributed by atoms with Gasteiger partial charge in [-0.2, -0.15) is 9.90 Å². The molecule has 3 aromatic heterocycles. The van der Waals surface area contributed by atoms with Crippen LogP contribution in [0, 0.1) is 0 Å². The van der Waals surface area contributed by atoms with Gasteiger partial charge in [0, 0.05) is 30.4 Å². The first-order valence-electron chi connectivity index (χ1n) is 7.01. The maximum absolute atomic E-state index is 4.37. The van der Waals surface area contributed by atoms with Gasteiger partial charge in [-0.3, -0.25) is 4.98 Å². The van der Waals surface area contributed by atoms with Gasteiger partial charge in [0.1, 0.15) is 0 Å². The van der Waals surface area contributed by atoms with E-state index < -0.39 is 0 Å². The van der Waals surface area contributed by atoms with Gasteiger partial charge in [-0.25, -0.2) is 4.52 Å². The average Bonchev–Trinajstić information content (AvgIpc) is 3.09. The molecule has 0 aliphatic rings. The molecule has 110 valence electrons. The Bertz CT molecular complexity index is 716. The van der Waals surface area contributed by atoms with Gasteiger partial charge in [-0.05, 0) is 18.2 Å². The zero-order valence-electron chi connectivity index (χ0n) is 12.1. The molecule has 0 saturated heterocycles. The van der Waals surface area contributed by atoms with Gasteiger partial charge < -0.3 is 5.32 Å². The summed E-state index contributed by atoms with van der Waals surface area (Å²) in [5.41, 5.74) is 2.10. The predicted molar refractivity (Wildman–Crippen MR) is 76.5 cm³/mol. The largest absolute Gasteiger partial charge is 0.309 e. The van der Waals surface area contributed by atoms with Crippen molar-refractivity contribution in [2.45, 2.75) is 25.8 Å². The molecule has 0 aromatic carbocycles. The fraction of sp³-hybridized carbons (Fsp3) is 0.462. The fourth-order valence-electron chi connectivity index (χ4n) is 2.32. The number of hydrogen-bond donors (Lipinski definition) is 1. The van der Waals surface area contributed by atoms with Crippen LogP contribution in [0.15, 0.2) is 24.8 Å². The van der Waals surface area contributed by atoms with Crippen LogP contribution in [0.1, 0.15) is 30.8 Å². The first kappa shape index (κ1) is 13.6. The van der Waals surface area contributed by atoms with Crippen LogP contribution in [-0.2, 0) is 13.5 Å². The molecule has 0 radical (unpaired) electrons. The van der Waals surface area contributed by atoms with Crippen LogP contribution in [-0.4, -0.2) is 41.4 Å². The van der Waals surface area contributed by atoms with Crippen molar-refractivity contribution in [3.8, 4) is 0 Å². The van der Waals surface area contributed by atoms with Crippen molar-refractivity contribution in [1.29, 1.82) is 0 Å². The Morgan fingerprint density at radius 3 is 3.00 bits per heavy atom. The SMILES string of the molecule is CCCNC(Cc1nnn(C)n1)c1cnn2ccncc12. The Morgan fingerprint density at radius 1 is 1.33 bits per heavy atom. The molecule has 0 bridgehead atoms. The third-order valence-electron chi connectivity index (χ3n) is 3.31. The highest BCUT2D eigenvalue weighted by molar-refractivity contribution is 5.53. The Hall–Kier alpha value is -2.35. The van der Waals surface area contributed by atoms with Crippen LogP contribution in [0.3, 0.4) is 0 Å². The summed E-state index contributed by atoms with van der Waals surface area (Å²) in [5.74, 6) is 0.717. The quantitative estimate of drug-likeness (QED) is 0.711. The summed E-state index contributed by atoms with van der Waals surface area (Å²) < 4.78 is 1.83. The number of fused-ring (bicyclic) bond motifs is 1. The molecule has 0 saturated carbocycles. The Balaban J connectivity index is 1.91. The minimum Gasteiger partial charge on any atom is -0.309 e. The van der Waals surface area contributed by atoms with Crippen LogP contribution in [0.2, 0.25) is 0 Å². The monoisotopic (exact) mass is 286 g/mol. The Morgan fingerprint density at radius 2 is 2.24 bits per heavy atom. The molecule has 8 heteroatoms. The lowest BCUT2D eigenvalue weighted by atomic mass is 10.1. The molecular weight excluding hydrogens is 268 g/mol. The maximum atomic E-state index is 4.37. The third kappa shape index (κ3) is 2.89. The number of aromatic nitrogens is 7. The zero-order chi connectivity index (χ0) is 14.7.